The van der Waals surface area contributed by atoms with Crippen molar-refractivity contribution in [1.82, 2.24) is 4.98 Å². The number of amides is 1. The van der Waals surface area contributed by atoms with Crippen molar-refractivity contribution in [3.63, 3.8) is 0 Å². The average molecular weight is 441 g/mol. The van der Waals surface area contributed by atoms with Gasteiger partial charge in [-0.3, -0.25) is 9.78 Å². The molecule has 1 heterocycles. The van der Waals surface area contributed by atoms with Crippen LogP contribution in [0.15, 0.2) is 54.6 Å². The van der Waals surface area contributed by atoms with Crippen molar-refractivity contribution in [1.29, 1.82) is 0 Å². The number of halogens is 3. The Morgan fingerprint density at radius 2 is 1.81 bits per heavy atom. The van der Waals surface area contributed by atoms with Gasteiger partial charge in [0.15, 0.2) is 0 Å². The van der Waals surface area contributed by atoms with Gasteiger partial charge in [0.05, 0.1) is 11.1 Å². The number of fused-ring (bicyclic) bond motifs is 1. The summed E-state index contributed by atoms with van der Waals surface area (Å²) >= 11 is 0. The Morgan fingerprint density at radius 3 is 2.50 bits per heavy atom. The van der Waals surface area contributed by atoms with Crippen LogP contribution in [-0.4, -0.2) is 10.9 Å². The fourth-order valence-electron chi connectivity index (χ4n) is 3.39. The van der Waals surface area contributed by atoms with Gasteiger partial charge in [-0.1, -0.05) is 38.3 Å². The molecular weight excluding hydrogens is 415 g/mol. The lowest BCUT2D eigenvalue weighted by Crippen LogP contribution is -2.08. The maximum absolute atomic E-state index is 12.6. The van der Waals surface area contributed by atoms with Crippen molar-refractivity contribution < 1.29 is 18.0 Å². The maximum atomic E-state index is 12.6. The molecule has 0 aliphatic heterocycles. The summed E-state index contributed by atoms with van der Waals surface area (Å²) in [6.07, 6.45) is 3.85. The minimum Gasteiger partial charge on any atom is -0.398 e. The summed E-state index contributed by atoms with van der Waals surface area (Å²) in [6, 6.07) is 11.8. The molecule has 3 rings (SSSR count). The number of pyridine rings is 1. The van der Waals surface area contributed by atoms with Crippen LogP contribution in [0, 0.1) is 0 Å². The molecule has 0 spiro atoms. The van der Waals surface area contributed by atoms with Crippen molar-refractivity contribution in [2.45, 2.75) is 45.2 Å². The number of hydrogen-bond acceptors (Lipinski definition) is 3. The van der Waals surface area contributed by atoms with E-state index in [0.29, 0.717) is 16.9 Å². The summed E-state index contributed by atoms with van der Waals surface area (Å²) in [5, 5.41) is 3.50. The van der Waals surface area contributed by atoms with Gasteiger partial charge in [0.2, 0.25) is 5.91 Å². The van der Waals surface area contributed by atoms with Gasteiger partial charge >= 0.3 is 6.18 Å². The molecule has 3 N–H and O–H groups in total. The molecule has 0 aliphatic rings. The summed E-state index contributed by atoms with van der Waals surface area (Å²) in [6.45, 7) is 2.17. The number of anilines is 2. The van der Waals surface area contributed by atoms with Crippen molar-refractivity contribution in [2.75, 3.05) is 11.1 Å². The van der Waals surface area contributed by atoms with E-state index in [2.05, 4.69) is 17.2 Å². The number of benzene rings is 2. The molecular formula is C25H26F3N3O. The Bertz CT molecular complexity index is 1110. The number of carbonyl (C=O) groups excluding carboxylic acids is 1. The lowest BCUT2D eigenvalue weighted by Gasteiger charge is -2.09. The summed E-state index contributed by atoms with van der Waals surface area (Å²) in [5.74, 6) is -0.400. The number of alkyl halides is 3. The summed E-state index contributed by atoms with van der Waals surface area (Å²) in [5.41, 5.74) is 8.88. The number of unbranched alkanes of at least 4 members (excludes halogenated alkanes) is 3. The molecule has 7 heteroatoms. The summed E-state index contributed by atoms with van der Waals surface area (Å²) in [4.78, 5) is 16.9. The Balaban J connectivity index is 1.65. The van der Waals surface area contributed by atoms with E-state index in [1.807, 2.05) is 12.1 Å². The smallest absolute Gasteiger partial charge is 0.398 e. The van der Waals surface area contributed by atoms with Gasteiger partial charge < -0.3 is 11.1 Å². The molecule has 0 unspecified atom stereocenters. The molecule has 3 aromatic rings. The first-order chi connectivity index (χ1) is 15.3. The van der Waals surface area contributed by atoms with Crippen molar-refractivity contribution in [3.8, 4) is 0 Å². The average Bonchev–Trinajstić information content (AvgIpc) is 2.75. The van der Waals surface area contributed by atoms with Gasteiger partial charge in [0, 0.05) is 28.5 Å². The predicted molar refractivity (Wildman–Crippen MR) is 123 cm³/mol. The maximum Gasteiger partial charge on any atom is 0.416 e. The highest BCUT2D eigenvalue weighted by Crippen LogP contribution is 2.29. The topological polar surface area (TPSA) is 68.0 Å². The molecule has 0 aliphatic carbocycles. The second-order valence-electron chi connectivity index (χ2n) is 7.69. The van der Waals surface area contributed by atoms with Gasteiger partial charge in [-0.15, -0.1) is 0 Å². The van der Waals surface area contributed by atoms with Crippen LogP contribution in [0.1, 0.15) is 49.4 Å². The van der Waals surface area contributed by atoms with Gasteiger partial charge in [-0.05, 0) is 60.9 Å². The standard InChI is InChI=1S/C25H26F3N3O/c1-2-3-4-5-6-19-16-22(29)21-15-20(12-13-23(21)30-19)31-24(32)14-9-17-7-10-18(11-8-17)25(26,27)28/h7-16H,2-6H2,1H3,(H2,29,30)(H,31,32). The molecule has 0 bridgehead atoms. The number of rotatable bonds is 8. The van der Waals surface area contributed by atoms with Crippen LogP contribution < -0.4 is 11.1 Å². The van der Waals surface area contributed by atoms with Crippen LogP contribution in [0.4, 0.5) is 24.5 Å². The third kappa shape index (κ3) is 6.33. The van der Waals surface area contributed by atoms with E-state index < -0.39 is 17.6 Å². The zero-order chi connectivity index (χ0) is 23.1. The van der Waals surface area contributed by atoms with Crippen molar-refractivity contribution >= 4 is 34.3 Å². The minimum atomic E-state index is -4.39. The van der Waals surface area contributed by atoms with Crippen molar-refractivity contribution in [3.05, 3.63) is 71.4 Å². The van der Waals surface area contributed by atoms with Crippen LogP contribution in [0.2, 0.25) is 0 Å². The van der Waals surface area contributed by atoms with E-state index in [1.54, 1.807) is 12.1 Å². The first-order valence-corrected chi connectivity index (χ1v) is 10.6. The van der Waals surface area contributed by atoms with Crippen LogP contribution in [0.25, 0.3) is 17.0 Å². The van der Waals surface area contributed by atoms with Gasteiger partial charge in [0.1, 0.15) is 0 Å². The number of nitrogens with two attached hydrogens (primary N) is 1. The monoisotopic (exact) mass is 441 g/mol. The highest BCUT2D eigenvalue weighted by atomic mass is 19.4. The third-order valence-electron chi connectivity index (χ3n) is 5.11. The fraction of sp³-hybridized carbons (Fsp3) is 0.280. The molecule has 2 aromatic carbocycles. The fourth-order valence-corrected chi connectivity index (χ4v) is 3.39. The molecule has 168 valence electrons. The molecule has 1 aromatic heterocycles. The highest BCUT2D eigenvalue weighted by Gasteiger charge is 2.29. The Morgan fingerprint density at radius 1 is 1.06 bits per heavy atom. The lowest BCUT2D eigenvalue weighted by atomic mass is 10.1. The number of nitrogens with one attached hydrogen (secondary N) is 1. The summed E-state index contributed by atoms with van der Waals surface area (Å²) in [7, 11) is 0. The number of hydrogen-bond donors (Lipinski definition) is 2. The number of aryl methyl sites for hydroxylation is 1. The third-order valence-corrected chi connectivity index (χ3v) is 5.11. The van der Waals surface area contributed by atoms with Crippen LogP contribution in [-0.2, 0) is 17.4 Å². The van der Waals surface area contributed by atoms with E-state index in [1.165, 1.54) is 43.5 Å². The number of nitrogens with zero attached hydrogens (tertiary/aromatic N) is 1. The van der Waals surface area contributed by atoms with Gasteiger partial charge in [0.25, 0.3) is 0 Å². The molecule has 0 saturated carbocycles. The zero-order valence-corrected chi connectivity index (χ0v) is 17.9. The van der Waals surface area contributed by atoms with E-state index in [-0.39, 0.29) is 0 Å². The Kier molecular flexibility index (Phi) is 7.51. The lowest BCUT2D eigenvalue weighted by molar-refractivity contribution is -0.137. The molecule has 1 amide bonds. The molecule has 0 saturated heterocycles. The Hall–Kier alpha value is -3.35. The normalized spacial score (nSPS) is 11.9. The Labute approximate surface area is 185 Å². The number of nitrogen functional groups attached to an aromatic ring is 1. The molecule has 0 fully saturated rings. The van der Waals surface area contributed by atoms with Crippen LogP contribution >= 0.6 is 0 Å². The predicted octanol–water partition coefficient (Wildman–Crippen LogP) is 6.61. The SMILES string of the molecule is CCCCCCc1cc(N)c2cc(NC(=O)C=Cc3ccc(C(F)(F)F)cc3)ccc2n1. The molecule has 0 atom stereocenters. The number of aromatic nitrogens is 1. The van der Waals surface area contributed by atoms with E-state index >= 15 is 0 Å². The zero-order valence-electron chi connectivity index (χ0n) is 17.9. The second kappa shape index (κ2) is 10.3. The number of carbonyl (C=O) groups is 1. The van der Waals surface area contributed by atoms with E-state index in [4.69, 9.17) is 5.73 Å². The molecule has 32 heavy (non-hydrogen) atoms. The van der Waals surface area contributed by atoms with Crippen molar-refractivity contribution in [2.24, 2.45) is 0 Å². The first-order valence-electron chi connectivity index (χ1n) is 10.6. The highest BCUT2D eigenvalue weighted by molar-refractivity contribution is 6.03. The first kappa shape index (κ1) is 23.3. The quantitative estimate of drug-likeness (QED) is 0.305. The van der Waals surface area contributed by atoms with E-state index in [0.717, 1.165) is 41.6 Å². The largest absolute Gasteiger partial charge is 0.416 e. The van der Waals surface area contributed by atoms with E-state index in [9.17, 15) is 18.0 Å². The molecule has 0 radical (unpaired) electrons. The molecule has 4 nitrogen and oxygen atoms in total. The van der Waals surface area contributed by atoms with Gasteiger partial charge in [-0.25, -0.2) is 0 Å². The van der Waals surface area contributed by atoms with Crippen LogP contribution in [0.3, 0.4) is 0 Å². The summed E-state index contributed by atoms with van der Waals surface area (Å²) < 4.78 is 37.9. The second-order valence-corrected chi connectivity index (χ2v) is 7.69. The van der Waals surface area contributed by atoms with Crippen LogP contribution in [0.5, 0.6) is 0 Å². The van der Waals surface area contributed by atoms with Gasteiger partial charge in [-0.2, -0.15) is 13.2 Å². The minimum absolute atomic E-state index is 0.400.